The van der Waals surface area contributed by atoms with Gasteiger partial charge in [-0.1, -0.05) is 66.2 Å². The molecular weight excluding hydrogens is 890 g/mol. The third-order valence-electron chi connectivity index (χ3n) is 13.5. The van der Waals surface area contributed by atoms with Crippen LogP contribution in [0.25, 0.3) is 11.1 Å². The monoisotopic (exact) mass is 949 g/mol. The first-order valence-electron chi connectivity index (χ1n) is 23.1. The number of nitro benzene ring substituents is 1. The molecule has 0 aromatic heterocycles. The van der Waals surface area contributed by atoms with E-state index in [2.05, 4.69) is 73.1 Å². The Morgan fingerprint density at radius 3 is 2.12 bits per heavy atom. The number of nitrogens with one attached hydrogen (secondary N) is 2. The summed E-state index contributed by atoms with van der Waals surface area (Å²) >= 11 is 7.82. The lowest BCUT2D eigenvalue weighted by atomic mass is 9.79. The van der Waals surface area contributed by atoms with Gasteiger partial charge in [0.25, 0.3) is 21.6 Å². The number of nitro groups is 1. The number of hydrogen-bond donors (Lipinski definition) is 2. The van der Waals surface area contributed by atoms with Crippen molar-refractivity contribution >= 4 is 56.4 Å². The zero-order valence-electron chi connectivity index (χ0n) is 37.6. The zero-order chi connectivity index (χ0) is 46.0. The standard InChI is InChI=1S/C51H60ClN7O5S2/c1-55-26-21-38(22-27-55)39-23-28-56(29-24-39)30-25-44(37-65-46-8-3-2-4-9-46)53-49-20-19-47(35-50(49)59(61)62)66(63,64)54-51(60)41-13-17-45(18-14-41)58-33-31-57(32-34-58)36-42-7-5-6-10-48(42)40-11-15-43(52)16-12-40/h2-20,35,38-39,44,53H,21-34,36-37H2,1H3,(H,54,60). The van der Waals surface area contributed by atoms with Crippen LogP contribution in [0.15, 0.2) is 131 Å². The third-order valence-corrected chi connectivity index (χ3v) is 16.3. The number of sulfonamides is 1. The quantitative estimate of drug-likeness (QED) is 0.0525. The number of piperidine rings is 2. The maximum atomic E-state index is 13.6. The number of carbonyl (C=O) groups excluding carboxylic acids is 1. The largest absolute Gasteiger partial charge is 0.376 e. The van der Waals surface area contributed by atoms with Gasteiger partial charge in [-0.2, -0.15) is 0 Å². The van der Waals surface area contributed by atoms with Crippen molar-refractivity contribution < 1.29 is 18.1 Å². The van der Waals surface area contributed by atoms with E-state index >= 15 is 0 Å². The fourth-order valence-electron chi connectivity index (χ4n) is 9.61. The molecule has 3 aliphatic heterocycles. The molecule has 0 radical (unpaired) electrons. The van der Waals surface area contributed by atoms with Crippen molar-refractivity contribution in [1.82, 2.24) is 19.4 Å². The highest BCUT2D eigenvalue weighted by Gasteiger charge is 2.30. The lowest BCUT2D eigenvalue weighted by Gasteiger charge is -2.39. The summed E-state index contributed by atoms with van der Waals surface area (Å²) in [5, 5.41) is 16.6. The number of nitrogens with zero attached hydrogens (tertiary/aromatic N) is 5. The first-order valence-corrected chi connectivity index (χ1v) is 25.9. The number of piperazine rings is 1. The molecule has 5 aromatic rings. The molecule has 15 heteroatoms. The predicted octanol–water partition coefficient (Wildman–Crippen LogP) is 9.37. The van der Waals surface area contributed by atoms with Gasteiger partial charge in [0.2, 0.25) is 0 Å². The van der Waals surface area contributed by atoms with Gasteiger partial charge in [-0.3, -0.25) is 19.8 Å². The summed E-state index contributed by atoms with van der Waals surface area (Å²) in [6.07, 6.45) is 5.75. The van der Waals surface area contributed by atoms with E-state index in [0.717, 1.165) is 92.8 Å². The molecule has 3 fully saturated rings. The molecule has 3 saturated heterocycles. The van der Waals surface area contributed by atoms with Crippen LogP contribution < -0.4 is 14.9 Å². The Labute approximate surface area is 398 Å². The molecule has 3 heterocycles. The molecule has 348 valence electrons. The molecule has 2 N–H and O–H groups in total. The minimum absolute atomic E-state index is 0.127. The second kappa shape index (κ2) is 22.2. The smallest absolute Gasteiger partial charge is 0.293 e. The van der Waals surface area contributed by atoms with Gasteiger partial charge >= 0.3 is 0 Å². The van der Waals surface area contributed by atoms with Crippen LogP contribution in [0.4, 0.5) is 17.1 Å². The van der Waals surface area contributed by atoms with Gasteiger partial charge in [-0.15, -0.1) is 11.8 Å². The second-order valence-corrected chi connectivity index (χ2v) is 21.1. The van der Waals surface area contributed by atoms with Crippen molar-refractivity contribution in [3.05, 3.63) is 148 Å². The lowest BCUT2D eigenvalue weighted by molar-refractivity contribution is -0.384. The van der Waals surface area contributed by atoms with Gasteiger partial charge in [0.1, 0.15) is 5.69 Å². The summed E-state index contributed by atoms with van der Waals surface area (Å²) in [6, 6.07) is 36.9. The summed E-state index contributed by atoms with van der Waals surface area (Å²) in [5.41, 5.74) is 4.53. The zero-order valence-corrected chi connectivity index (χ0v) is 40.0. The number of carbonyl (C=O) groups is 1. The first-order chi connectivity index (χ1) is 32.0. The molecule has 1 unspecified atom stereocenters. The highest BCUT2D eigenvalue weighted by molar-refractivity contribution is 7.99. The Hall–Kier alpha value is -4.96. The van der Waals surface area contributed by atoms with E-state index in [1.165, 1.54) is 62.0 Å². The van der Waals surface area contributed by atoms with Crippen LogP contribution >= 0.6 is 23.4 Å². The highest BCUT2D eigenvalue weighted by Crippen LogP contribution is 2.34. The summed E-state index contributed by atoms with van der Waals surface area (Å²) in [4.78, 5) is 35.6. The van der Waals surface area contributed by atoms with Crippen molar-refractivity contribution in [3.63, 3.8) is 0 Å². The summed E-state index contributed by atoms with van der Waals surface area (Å²) in [7, 11) is -2.24. The topological polar surface area (TPSA) is 131 Å². The van der Waals surface area contributed by atoms with Crippen molar-refractivity contribution in [2.75, 3.05) is 81.9 Å². The average Bonchev–Trinajstić information content (AvgIpc) is 3.34. The molecule has 0 aliphatic carbocycles. The van der Waals surface area contributed by atoms with Gasteiger partial charge < -0.3 is 20.0 Å². The van der Waals surface area contributed by atoms with Crippen LogP contribution in [0.3, 0.4) is 0 Å². The normalized spacial score (nSPS) is 17.6. The van der Waals surface area contributed by atoms with Crippen molar-refractivity contribution in [1.29, 1.82) is 0 Å². The molecule has 66 heavy (non-hydrogen) atoms. The van der Waals surface area contributed by atoms with E-state index in [-0.39, 0.29) is 27.9 Å². The Morgan fingerprint density at radius 1 is 0.788 bits per heavy atom. The van der Waals surface area contributed by atoms with Crippen molar-refractivity contribution in [2.24, 2.45) is 11.8 Å². The van der Waals surface area contributed by atoms with Crippen LogP contribution in [-0.2, 0) is 16.6 Å². The number of likely N-dealkylation sites (tertiary alicyclic amines) is 2. The maximum Gasteiger partial charge on any atom is 0.293 e. The molecular formula is C51H60ClN7O5S2. The van der Waals surface area contributed by atoms with E-state index in [0.29, 0.717) is 10.8 Å². The number of hydrogen-bond acceptors (Lipinski definition) is 11. The van der Waals surface area contributed by atoms with Crippen LogP contribution in [0, 0.1) is 22.0 Å². The van der Waals surface area contributed by atoms with Gasteiger partial charge in [0, 0.05) is 78.3 Å². The number of benzene rings is 5. The maximum absolute atomic E-state index is 13.6. The fourth-order valence-corrected chi connectivity index (χ4v) is 11.7. The number of amides is 1. The third kappa shape index (κ3) is 12.5. The molecule has 12 nitrogen and oxygen atoms in total. The summed E-state index contributed by atoms with van der Waals surface area (Å²) in [6.45, 7) is 9.43. The molecule has 5 aromatic carbocycles. The van der Waals surface area contributed by atoms with E-state index in [9.17, 15) is 23.3 Å². The summed E-state index contributed by atoms with van der Waals surface area (Å²) in [5.74, 6) is 1.44. The molecule has 0 spiro atoms. The van der Waals surface area contributed by atoms with Gasteiger partial charge in [0.15, 0.2) is 0 Å². The van der Waals surface area contributed by atoms with E-state index < -0.39 is 20.9 Å². The fraction of sp³-hybridized carbons (Fsp3) is 0.392. The number of thioether (sulfide) groups is 1. The minimum atomic E-state index is -4.45. The first kappa shape index (κ1) is 47.5. The van der Waals surface area contributed by atoms with Crippen LogP contribution in [-0.4, -0.2) is 112 Å². The second-order valence-electron chi connectivity index (χ2n) is 17.9. The SMILES string of the molecule is CN1CCC(C2CCN(CCC(CSc3ccccc3)Nc3ccc(S(=O)(=O)NC(=O)c4ccc(N5CCN(Cc6ccccc6-c6ccc(Cl)cc6)CC5)cc4)cc3[N+](=O)[O-])CC2)CC1. The molecule has 3 aliphatic rings. The van der Waals surface area contributed by atoms with Gasteiger partial charge in [-0.25, -0.2) is 13.1 Å². The number of halogens is 1. The minimum Gasteiger partial charge on any atom is -0.376 e. The Kier molecular flexibility index (Phi) is 16.0. The van der Waals surface area contributed by atoms with Gasteiger partial charge in [-0.05, 0) is 155 Å². The average molecular weight is 951 g/mol. The summed E-state index contributed by atoms with van der Waals surface area (Å²) < 4.78 is 29.3. The Balaban J connectivity index is 0.862. The van der Waals surface area contributed by atoms with Crippen molar-refractivity contribution in [3.8, 4) is 11.1 Å². The van der Waals surface area contributed by atoms with E-state index in [1.807, 2.05) is 54.6 Å². The molecule has 1 atom stereocenters. The molecule has 0 saturated carbocycles. The number of rotatable bonds is 17. The molecule has 0 bridgehead atoms. The van der Waals surface area contributed by atoms with E-state index in [4.69, 9.17) is 11.6 Å². The van der Waals surface area contributed by atoms with Crippen LogP contribution in [0.1, 0.15) is 48.0 Å². The Bertz CT molecular complexity index is 2510. The molecule has 1 amide bonds. The van der Waals surface area contributed by atoms with Crippen molar-refractivity contribution in [2.45, 2.75) is 54.5 Å². The predicted molar refractivity (Wildman–Crippen MR) is 267 cm³/mol. The van der Waals surface area contributed by atoms with Crippen LogP contribution in [0.5, 0.6) is 0 Å². The lowest BCUT2D eigenvalue weighted by Crippen LogP contribution is -2.46. The van der Waals surface area contributed by atoms with Gasteiger partial charge in [0.05, 0.1) is 9.82 Å². The highest BCUT2D eigenvalue weighted by atomic mass is 35.5. The van der Waals surface area contributed by atoms with Crippen LogP contribution in [0.2, 0.25) is 5.02 Å². The van der Waals surface area contributed by atoms with E-state index in [1.54, 1.807) is 23.9 Å². The number of anilines is 2. The molecule has 8 rings (SSSR count). The Morgan fingerprint density at radius 2 is 1.44 bits per heavy atom.